The Bertz CT molecular complexity index is 1030. The number of piperidine rings is 1. The maximum absolute atomic E-state index is 13.2. The lowest BCUT2D eigenvalue weighted by Gasteiger charge is -2.38. The smallest absolute Gasteiger partial charge is 0.407 e. The van der Waals surface area contributed by atoms with Crippen LogP contribution in [-0.4, -0.2) is 72.5 Å². The lowest BCUT2D eigenvalue weighted by atomic mass is 10.0. The average molecular weight is 472 g/mol. The monoisotopic (exact) mass is 471 g/mol. The molecule has 1 aliphatic rings. The lowest BCUT2D eigenvalue weighted by molar-refractivity contribution is -0.154. The number of sulfone groups is 1. The van der Waals surface area contributed by atoms with Gasteiger partial charge in [-0.15, -0.1) is 0 Å². The van der Waals surface area contributed by atoms with Crippen LogP contribution in [0, 0.1) is 0 Å². The van der Waals surface area contributed by atoms with Crippen LogP contribution in [0.1, 0.15) is 18.4 Å². The second kappa shape index (κ2) is 9.45. The fourth-order valence-corrected chi connectivity index (χ4v) is 4.39. The number of likely N-dealkylation sites (tertiary alicyclic amines) is 1. The van der Waals surface area contributed by atoms with Gasteiger partial charge in [0, 0.05) is 43.7 Å². The van der Waals surface area contributed by atoms with E-state index < -0.39 is 28.7 Å². The third kappa shape index (κ3) is 6.42. The summed E-state index contributed by atoms with van der Waals surface area (Å²) < 4.78 is 62.7. The Hall–Kier alpha value is -2.66. The highest BCUT2D eigenvalue weighted by Crippen LogP contribution is 2.26. The van der Waals surface area contributed by atoms with Crippen LogP contribution in [0.5, 0.6) is 0 Å². The van der Waals surface area contributed by atoms with Gasteiger partial charge in [0.1, 0.15) is 0 Å². The third-order valence-electron chi connectivity index (χ3n) is 5.42. The van der Waals surface area contributed by atoms with Gasteiger partial charge in [-0.1, -0.05) is 18.2 Å². The van der Waals surface area contributed by atoms with Crippen molar-refractivity contribution < 1.29 is 31.5 Å². The molecule has 0 saturated carbocycles. The van der Waals surface area contributed by atoms with Crippen molar-refractivity contribution in [3.05, 3.63) is 48.2 Å². The fraction of sp³-hybridized carbons (Fsp3) is 0.429. The van der Waals surface area contributed by atoms with Crippen LogP contribution < -0.4 is 0 Å². The molecule has 32 heavy (non-hydrogen) atoms. The number of nitrogens with zero attached hydrogens (tertiary/aromatic N) is 3. The quantitative estimate of drug-likeness (QED) is 0.692. The number of hydrogen-bond acceptors (Lipinski definition) is 5. The molecule has 0 unspecified atom stereocenters. The number of benzene rings is 1. The van der Waals surface area contributed by atoms with E-state index in [0.29, 0.717) is 29.7 Å². The third-order valence-corrected chi connectivity index (χ3v) is 6.55. The Morgan fingerprint density at radius 1 is 1.16 bits per heavy atom. The topological polar surface area (TPSA) is 90.8 Å². The van der Waals surface area contributed by atoms with Gasteiger partial charge in [0.2, 0.25) is 0 Å². The number of amides is 1. The van der Waals surface area contributed by atoms with Crippen LogP contribution in [0.15, 0.2) is 47.5 Å². The van der Waals surface area contributed by atoms with Gasteiger partial charge in [0.05, 0.1) is 17.1 Å². The van der Waals surface area contributed by atoms with E-state index >= 15 is 0 Å². The molecule has 0 atom stereocenters. The van der Waals surface area contributed by atoms with E-state index in [1.165, 1.54) is 28.1 Å². The molecule has 7 nitrogen and oxygen atoms in total. The zero-order valence-electron chi connectivity index (χ0n) is 17.4. The SMILES string of the molecule is CS(=O)(=O)c1ccc(-c2ccc(CN(CC(F)(F)F)C3CCN(C(=O)O)CC3)cn2)cc1. The van der Waals surface area contributed by atoms with Crippen molar-refractivity contribution in [2.75, 3.05) is 25.9 Å². The predicted octanol–water partition coefficient (Wildman–Crippen LogP) is 3.66. The normalized spacial score (nSPS) is 15.8. The second-order valence-electron chi connectivity index (χ2n) is 7.87. The molecule has 1 aliphatic heterocycles. The number of halogens is 3. The fourth-order valence-electron chi connectivity index (χ4n) is 3.76. The van der Waals surface area contributed by atoms with Crippen molar-refractivity contribution in [2.45, 2.75) is 36.5 Å². The van der Waals surface area contributed by atoms with Crippen molar-refractivity contribution in [3.63, 3.8) is 0 Å². The summed E-state index contributed by atoms with van der Waals surface area (Å²) in [4.78, 5) is 18.1. The minimum Gasteiger partial charge on any atom is -0.465 e. The number of carbonyl (C=O) groups is 1. The van der Waals surface area contributed by atoms with Gasteiger partial charge in [-0.05, 0) is 36.6 Å². The number of pyridine rings is 1. The molecule has 1 fully saturated rings. The van der Waals surface area contributed by atoms with Crippen LogP contribution in [-0.2, 0) is 16.4 Å². The number of carboxylic acid groups (broad SMARTS) is 1. The summed E-state index contributed by atoms with van der Waals surface area (Å²) in [5.41, 5.74) is 1.87. The molecule has 1 amide bonds. The van der Waals surface area contributed by atoms with Crippen LogP contribution in [0.4, 0.5) is 18.0 Å². The van der Waals surface area contributed by atoms with Gasteiger partial charge < -0.3 is 10.0 Å². The van der Waals surface area contributed by atoms with Crippen molar-refractivity contribution in [3.8, 4) is 11.3 Å². The molecular formula is C21H24F3N3O4S. The highest BCUT2D eigenvalue weighted by atomic mass is 32.2. The number of hydrogen-bond donors (Lipinski definition) is 1. The Balaban J connectivity index is 1.72. The van der Waals surface area contributed by atoms with Gasteiger partial charge in [-0.2, -0.15) is 13.2 Å². The van der Waals surface area contributed by atoms with Crippen LogP contribution in [0.25, 0.3) is 11.3 Å². The van der Waals surface area contributed by atoms with Gasteiger partial charge >= 0.3 is 12.3 Å². The van der Waals surface area contributed by atoms with E-state index in [2.05, 4.69) is 4.98 Å². The maximum atomic E-state index is 13.2. The zero-order chi connectivity index (χ0) is 23.5. The first-order chi connectivity index (χ1) is 14.9. The maximum Gasteiger partial charge on any atom is 0.407 e. The molecule has 1 N–H and O–H groups in total. The molecule has 1 saturated heterocycles. The molecule has 0 bridgehead atoms. The van der Waals surface area contributed by atoms with Gasteiger partial charge in [-0.3, -0.25) is 9.88 Å². The Labute approximate surface area is 184 Å². The Kier molecular flexibility index (Phi) is 7.09. The van der Waals surface area contributed by atoms with Crippen molar-refractivity contribution >= 4 is 15.9 Å². The van der Waals surface area contributed by atoms with Crippen LogP contribution >= 0.6 is 0 Å². The summed E-state index contributed by atoms with van der Waals surface area (Å²) in [6.45, 7) is -0.638. The Morgan fingerprint density at radius 2 is 1.78 bits per heavy atom. The molecule has 2 heterocycles. The molecule has 0 spiro atoms. The predicted molar refractivity (Wildman–Crippen MR) is 112 cm³/mol. The van der Waals surface area contributed by atoms with Crippen molar-refractivity contribution in [2.24, 2.45) is 0 Å². The average Bonchev–Trinajstić information content (AvgIpc) is 2.72. The minimum absolute atomic E-state index is 0.0392. The van der Waals surface area contributed by atoms with E-state index in [1.807, 2.05) is 0 Å². The first-order valence-electron chi connectivity index (χ1n) is 9.96. The summed E-state index contributed by atoms with van der Waals surface area (Å²) in [6.07, 6.45) is -2.14. The molecule has 1 aromatic carbocycles. The molecule has 0 aliphatic carbocycles. The molecular weight excluding hydrogens is 447 g/mol. The molecule has 174 valence electrons. The summed E-state index contributed by atoms with van der Waals surface area (Å²) in [6, 6.07) is 9.22. The number of rotatable bonds is 6. The van der Waals surface area contributed by atoms with Crippen molar-refractivity contribution in [1.29, 1.82) is 0 Å². The standard InChI is InChI=1S/C21H24F3N3O4S/c1-32(30,31)18-5-3-16(4-6-18)19-7-2-15(12-25-19)13-27(14-21(22,23)24)17-8-10-26(11-9-17)20(28)29/h2-7,12,17H,8-11,13-14H2,1H3,(H,28,29). The summed E-state index contributed by atoms with van der Waals surface area (Å²) >= 11 is 0. The minimum atomic E-state index is -4.38. The highest BCUT2D eigenvalue weighted by Gasteiger charge is 2.35. The molecule has 1 aromatic heterocycles. The molecule has 11 heteroatoms. The van der Waals surface area contributed by atoms with Gasteiger partial charge in [-0.25, -0.2) is 13.2 Å². The number of alkyl halides is 3. The van der Waals surface area contributed by atoms with Gasteiger partial charge in [0.25, 0.3) is 0 Å². The van der Waals surface area contributed by atoms with Gasteiger partial charge in [0.15, 0.2) is 9.84 Å². The van der Waals surface area contributed by atoms with Crippen LogP contribution in [0.3, 0.4) is 0 Å². The molecule has 2 aromatic rings. The van der Waals surface area contributed by atoms with Crippen molar-refractivity contribution in [1.82, 2.24) is 14.8 Å². The van der Waals surface area contributed by atoms with E-state index in [9.17, 15) is 26.4 Å². The second-order valence-corrected chi connectivity index (χ2v) is 9.88. The van der Waals surface area contributed by atoms with E-state index in [1.54, 1.807) is 24.3 Å². The first kappa shape index (κ1) is 24.0. The lowest BCUT2D eigenvalue weighted by Crippen LogP contribution is -2.48. The van der Waals surface area contributed by atoms with E-state index in [-0.39, 0.29) is 30.6 Å². The summed E-state index contributed by atoms with van der Waals surface area (Å²) in [5.74, 6) is 0. The molecule has 3 rings (SSSR count). The molecule has 0 radical (unpaired) electrons. The summed E-state index contributed by atoms with van der Waals surface area (Å²) in [5, 5.41) is 9.05. The zero-order valence-corrected chi connectivity index (χ0v) is 18.2. The summed E-state index contributed by atoms with van der Waals surface area (Å²) in [7, 11) is -3.31. The first-order valence-corrected chi connectivity index (χ1v) is 11.9. The van der Waals surface area contributed by atoms with E-state index in [0.717, 1.165) is 6.26 Å². The van der Waals surface area contributed by atoms with Crippen LogP contribution in [0.2, 0.25) is 0 Å². The highest BCUT2D eigenvalue weighted by molar-refractivity contribution is 7.90. The number of aromatic nitrogens is 1. The largest absolute Gasteiger partial charge is 0.465 e. The van der Waals surface area contributed by atoms with E-state index in [4.69, 9.17) is 5.11 Å². The Morgan fingerprint density at radius 3 is 2.25 bits per heavy atom.